The fourth-order valence-electron chi connectivity index (χ4n) is 3.30. The molecule has 0 atom stereocenters. The van der Waals surface area contributed by atoms with Crippen LogP contribution in [0.25, 0.3) is 11.3 Å². The molecule has 31 heavy (non-hydrogen) atoms. The molecule has 0 saturated heterocycles. The van der Waals surface area contributed by atoms with Gasteiger partial charge in [-0.2, -0.15) is 0 Å². The summed E-state index contributed by atoms with van der Waals surface area (Å²) >= 11 is 1.53. The van der Waals surface area contributed by atoms with Gasteiger partial charge in [0.05, 0.1) is 17.1 Å². The zero-order chi connectivity index (χ0) is 22.0. The quantitative estimate of drug-likeness (QED) is 0.455. The van der Waals surface area contributed by atoms with Crippen LogP contribution in [0.2, 0.25) is 0 Å². The molecule has 0 aliphatic rings. The van der Waals surface area contributed by atoms with E-state index in [2.05, 4.69) is 15.3 Å². The number of hydrogen-bond donors (Lipinski definition) is 1. The SMILES string of the molecule is Cc1ccc(-c2nc(C)sc2CC(=O)Nc2ccc(C(=O)c3nccn3C)cc2)cc1. The second-order valence-corrected chi connectivity index (χ2v) is 8.65. The second kappa shape index (κ2) is 8.65. The highest BCUT2D eigenvalue weighted by Crippen LogP contribution is 2.29. The van der Waals surface area contributed by atoms with Crippen molar-refractivity contribution in [2.24, 2.45) is 7.05 Å². The van der Waals surface area contributed by atoms with Crippen molar-refractivity contribution in [1.29, 1.82) is 0 Å². The Kier molecular flexibility index (Phi) is 5.77. The average molecular weight is 431 g/mol. The molecule has 0 unspecified atom stereocenters. The van der Waals surface area contributed by atoms with Gasteiger partial charge >= 0.3 is 0 Å². The number of aryl methyl sites for hydroxylation is 3. The van der Waals surface area contributed by atoms with Crippen LogP contribution < -0.4 is 5.32 Å². The van der Waals surface area contributed by atoms with Crippen LogP contribution in [0.15, 0.2) is 60.9 Å². The van der Waals surface area contributed by atoms with Crippen molar-refractivity contribution < 1.29 is 9.59 Å². The normalized spacial score (nSPS) is 10.8. The van der Waals surface area contributed by atoms with Gasteiger partial charge in [-0.1, -0.05) is 29.8 Å². The van der Waals surface area contributed by atoms with E-state index in [-0.39, 0.29) is 18.1 Å². The predicted molar refractivity (Wildman–Crippen MR) is 122 cm³/mol. The molecule has 2 aromatic carbocycles. The van der Waals surface area contributed by atoms with Crippen LogP contribution in [0, 0.1) is 13.8 Å². The summed E-state index contributed by atoms with van der Waals surface area (Å²) in [4.78, 5) is 34.8. The number of imidazole rings is 1. The highest BCUT2D eigenvalue weighted by molar-refractivity contribution is 7.12. The highest BCUT2D eigenvalue weighted by Gasteiger charge is 2.16. The Balaban J connectivity index is 1.46. The van der Waals surface area contributed by atoms with E-state index in [9.17, 15) is 9.59 Å². The maximum atomic E-state index is 12.7. The van der Waals surface area contributed by atoms with Gasteiger partial charge in [0, 0.05) is 41.1 Å². The number of ketones is 1. The maximum Gasteiger partial charge on any atom is 0.229 e. The number of carbonyl (C=O) groups is 2. The largest absolute Gasteiger partial charge is 0.331 e. The Hall–Kier alpha value is -3.58. The van der Waals surface area contributed by atoms with E-state index < -0.39 is 0 Å². The summed E-state index contributed by atoms with van der Waals surface area (Å²) in [5.74, 6) is 0.0921. The first-order valence-corrected chi connectivity index (χ1v) is 10.7. The van der Waals surface area contributed by atoms with Gasteiger partial charge in [-0.3, -0.25) is 9.59 Å². The molecular weight excluding hydrogens is 408 g/mol. The zero-order valence-electron chi connectivity index (χ0n) is 17.5. The number of benzene rings is 2. The van der Waals surface area contributed by atoms with Crippen molar-refractivity contribution >= 4 is 28.7 Å². The van der Waals surface area contributed by atoms with E-state index in [1.165, 1.54) is 16.9 Å². The number of anilines is 1. The minimum Gasteiger partial charge on any atom is -0.331 e. The van der Waals surface area contributed by atoms with Crippen molar-refractivity contribution in [2.75, 3.05) is 5.32 Å². The number of nitrogens with one attached hydrogen (secondary N) is 1. The Morgan fingerprint density at radius 3 is 2.39 bits per heavy atom. The summed E-state index contributed by atoms with van der Waals surface area (Å²) in [6.07, 6.45) is 3.56. The van der Waals surface area contributed by atoms with Crippen LogP contribution >= 0.6 is 11.3 Å². The molecule has 1 N–H and O–H groups in total. The molecule has 0 aliphatic heterocycles. The summed E-state index contributed by atoms with van der Waals surface area (Å²) in [5, 5.41) is 3.83. The first-order valence-electron chi connectivity index (χ1n) is 9.86. The van der Waals surface area contributed by atoms with E-state index in [0.717, 1.165) is 21.1 Å². The van der Waals surface area contributed by atoms with Crippen LogP contribution in [0.1, 0.15) is 31.6 Å². The molecule has 6 nitrogen and oxygen atoms in total. The molecule has 7 heteroatoms. The molecular formula is C24H22N4O2S. The molecule has 4 rings (SSSR count). The van der Waals surface area contributed by atoms with Crippen LogP contribution in [-0.4, -0.2) is 26.2 Å². The van der Waals surface area contributed by atoms with Crippen molar-refractivity contribution in [3.63, 3.8) is 0 Å². The number of amides is 1. The molecule has 0 bridgehead atoms. The predicted octanol–water partition coefficient (Wildman–Crippen LogP) is 4.57. The molecule has 4 aromatic rings. The maximum absolute atomic E-state index is 12.7. The van der Waals surface area contributed by atoms with Crippen molar-refractivity contribution in [1.82, 2.24) is 14.5 Å². The standard InChI is InChI=1S/C24H22N4O2S/c1-15-4-6-17(7-5-15)22-20(31-16(2)26-22)14-21(29)27-19-10-8-18(9-11-19)23(30)24-25-12-13-28(24)3/h4-13H,14H2,1-3H3,(H,27,29). The van der Waals surface area contributed by atoms with E-state index in [1.54, 1.807) is 48.3 Å². The minimum absolute atomic E-state index is 0.125. The average Bonchev–Trinajstić information content (AvgIpc) is 3.33. The Labute approximate surface area is 184 Å². The number of carbonyl (C=O) groups excluding carboxylic acids is 2. The summed E-state index contributed by atoms with van der Waals surface area (Å²) in [7, 11) is 1.78. The lowest BCUT2D eigenvalue weighted by Gasteiger charge is -2.07. The summed E-state index contributed by atoms with van der Waals surface area (Å²) in [6.45, 7) is 3.99. The van der Waals surface area contributed by atoms with Gasteiger partial charge in [0.1, 0.15) is 0 Å². The van der Waals surface area contributed by atoms with Gasteiger partial charge in [0.15, 0.2) is 5.82 Å². The minimum atomic E-state index is -0.159. The monoisotopic (exact) mass is 430 g/mol. The van der Waals surface area contributed by atoms with Crippen LogP contribution in [0.5, 0.6) is 0 Å². The van der Waals surface area contributed by atoms with Gasteiger partial charge in [-0.25, -0.2) is 9.97 Å². The van der Waals surface area contributed by atoms with Gasteiger partial charge < -0.3 is 9.88 Å². The zero-order valence-corrected chi connectivity index (χ0v) is 18.4. The van der Waals surface area contributed by atoms with E-state index in [0.29, 0.717) is 17.1 Å². The van der Waals surface area contributed by atoms with Crippen molar-refractivity contribution in [2.45, 2.75) is 20.3 Å². The Morgan fingerprint density at radius 2 is 1.74 bits per heavy atom. The third-order valence-electron chi connectivity index (χ3n) is 4.91. The van der Waals surface area contributed by atoms with Crippen LogP contribution in [0.3, 0.4) is 0 Å². The first-order chi connectivity index (χ1) is 14.9. The van der Waals surface area contributed by atoms with Gasteiger partial charge in [-0.05, 0) is 38.1 Å². The number of nitrogens with zero attached hydrogens (tertiary/aromatic N) is 3. The molecule has 0 saturated carbocycles. The number of thiazole rings is 1. The van der Waals surface area contributed by atoms with Crippen molar-refractivity contribution in [3.8, 4) is 11.3 Å². The fourth-order valence-corrected chi connectivity index (χ4v) is 4.25. The highest BCUT2D eigenvalue weighted by atomic mass is 32.1. The molecule has 2 aromatic heterocycles. The third kappa shape index (κ3) is 4.62. The Bertz CT molecular complexity index is 1240. The summed E-state index contributed by atoms with van der Waals surface area (Å²) in [5.41, 5.74) is 4.20. The van der Waals surface area contributed by atoms with E-state index in [4.69, 9.17) is 0 Å². The lowest BCUT2D eigenvalue weighted by atomic mass is 10.1. The lowest BCUT2D eigenvalue weighted by Crippen LogP contribution is -2.14. The number of hydrogen-bond acceptors (Lipinski definition) is 5. The first kappa shape index (κ1) is 20.7. The molecule has 0 fully saturated rings. The Morgan fingerprint density at radius 1 is 1.03 bits per heavy atom. The molecule has 0 aliphatic carbocycles. The second-order valence-electron chi connectivity index (χ2n) is 7.36. The molecule has 1 amide bonds. The van der Waals surface area contributed by atoms with Crippen LogP contribution in [-0.2, 0) is 18.3 Å². The molecule has 0 radical (unpaired) electrons. The van der Waals surface area contributed by atoms with Gasteiger partial charge in [0.2, 0.25) is 11.7 Å². The fraction of sp³-hybridized carbons (Fsp3) is 0.167. The third-order valence-corrected chi connectivity index (χ3v) is 5.88. The van der Waals surface area contributed by atoms with Crippen LogP contribution in [0.4, 0.5) is 5.69 Å². The molecule has 2 heterocycles. The number of rotatable bonds is 6. The number of aromatic nitrogens is 3. The van der Waals surface area contributed by atoms with Gasteiger partial charge in [0.25, 0.3) is 0 Å². The summed E-state index contributed by atoms with van der Waals surface area (Å²) < 4.78 is 1.68. The van der Waals surface area contributed by atoms with E-state index in [1.807, 2.05) is 38.1 Å². The van der Waals surface area contributed by atoms with Crippen molar-refractivity contribution in [3.05, 3.63) is 87.8 Å². The summed E-state index contributed by atoms with van der Waals surface area (Å²) in [6, 6.07) is 15.0. The molecule has 156 valence electrons. The smallest absolute Gasteiger partial charge is 0.229 e. The topological polar surface area (TPSA) is 76.9 Å². The van der Waals surface area contributed by atoms with E-state index >= 15 is 0 Å². The molecule has 0 spiro atoms. The van der Waals surface area contributed by atoms with Gasteiger partial charge in [-0.15, -0.1) is 11.3 Å². The lowest BCUT2D eigenvalue weighted by molar-refractivity contribution is -0.115.